The molecule has 12 heavy (non-hydrogen) atoms. The zero-order chi connectivity index (χ0) is 7.71. The molecule has 0 atom stereocenters. The smallest absolute Gasteiger partial charge is 1.00 e. The Labute approximate surface area is 102 Å². The van der Waals surface area contributed by atoms with Crippen LogP contribution in [-0.2, 0) is 20.0 Å². The van der Waals surface area contributed by atoms with E-state index in [0.717, 1.165) is 0 Å². The molecule has 0 aromatic carbocycles. The Hall–Kier alpha value is 1.26. The van der Waals surface area contributed by atoms with Gasteiger partial charge in [-0.3, -0.25) is 0 Å². The fourth-order valence-electron chi connectivity index (χ4n) is 0.246. The number of halogens is 2. The van der Waals surface area contributed by atoms with Crippen LogP contribution in [0.1, 0.15) is 0 Å². The van der Waals surface area contributed by atoms with Crippen LogP contribution in [0.25, 0.3) is 4.13 Å². The first-order chi connectivity index (χ1) is 3.71. The predicted molar refractivity (Wildman–Crippen MR) is 38.8 cm³/mol. The summed E-state index contributed by atoms with van der Waals surface area (Å²) in [7, 11) is -7.49. The Morgan fingerprint density at radius 3 is 1.00 bits per heavy atom. The third kappa shape index (κ3) is 22.5. The van der Waals surface area contributed by atoms with Crippen molar-refractivity contribution in [1.82, 2.24) is 0 Å². The van der Waals surface area contributed by atoms with E-state index in [1.54, 1.807) is 0 Å². The van der Waals surface area contributed by atoms with E-state index in [4.69, 9.17) is 0 Å². The number of sulfonamides is 2. The Kier molecular flexibility index (Phi) is 14.8. The summed E-state index contributed by atoms with van der Waals surface area (Å²) in [4.78, 5) is 0. The standard InChI is InChI=1S/C2H6NO4S2.2ClH.Sb/c1-8(4,5)3-9(2,6)7;;;/h1-2H3;2*1H;/q-1;;;+3/p-2. The zero-order valence-electron chi connectivity index (χ0n) is 6.10. The quantitative estimate of drug-likeness (QED) is 0.456. The third-order valence-corrected chi connectivity index (χ3v) is 2.44. The van der Waals surface area contributed by atoms with E-state index in [2.05, 4.69) is 4.13 Å². The molecule has 74 valence electrons. The van der Waals surface area contributed by atoms with Crippen molar-refractivity contribution in [3.8, 4) is 0 Å². The van der Waals surface area contributed by atoms with Gasteiger partial charge in [-0.25, -0.2) is 16.8 Å². The van der Waals surface area contributed by atoms with Crippen molar-refractivity contribution in [1.29, 1.82) is 0 Å². The van der Waals surface area contributed by atoms with Crippen LogP contribution >= 0.6 is 0 Å². The van der Waals surface area contributed by atoms with Crippen molar-refractivity contribution >= 4 is 44.5 Å². The second-order valence-electron chi connectivity index (χ2n) is 1.54. The van der Waals surface area contributed by atoms with Crippen LogP contribution in [0.4, 0.5) is 0 Å². The van der Waals surface area contributed by atoms with Gasteiger partial charge in [0.25, 0.3) is 0 Å². The third-order valence-electron chi connectivity index (χ3n) is 0.271. The molecule has 2 radical (unpaired) electrons. The SMILES string of the molecule is CS(=O)(=O)[N-]S(C)(=O)=O.[Cl-].[Cl-].[Sb+3]. The van der Waals surface area contributed by atoms with Crippen LogP contribution in [0.2, 0.25) is 0 Å². The molecule has 0 rings (SSSR count). The minimum Gasteiger partial charge on any atom is -1.00 e. The fraction of sp³-hybridized carbons (Fsp3) is 1.00. The van der Waals surface area contributed by atoms with Crippen molar-refractivity contribution in [2.24, 2.45) is 0 Å². The molecule has 0 amide bonds. The van der Waals surface area contributed by atoms with Gasteiger partial charge in [-0.2, -0.15) is 0 Å². The summed E-state index contributed by atoms with van der Waals surface area (Å²) in [6.45, 7) is 0. The Bertz CT molecular complexity index is 254. The number of nitrogens with zero attached hydrogens (tertiary/aromatic N) is 1. The molecule has 0 N–H and O–H groups in total. The largest absolute Gasteiger partial charge is 3.00 e. The first kappa shape index (κ1) is 23.2. The summed E-state index contributed by atoms with van der Waals surface area (Å²) < 4.78 is 42.9. The predicted octanol–water partition coefficient (Wildman–Crippen LogP) is -7.09. The second kappa shape index (κ2) is 7.64. The average Bonchev–Trinajstić information content (AvgIpc) is 1.14. The molecule has 0 unspecified atom stereocenters. The van der Waals surface area contributed by atoms with Crippen LogP contribution < -0.4 is 24.8 Å². The molecule has 0 aromatic rings. The van der Waals surface area contributed by atoms with Gasteiger partial charge >= 0.3 is 24.4 Å². The maximum absolute atomic E-state index is 10.1. The van der Waals surface area contributed by atoms with Gasteiger partial charge in [-0.15, -0.1) is 0 Å². The molecule has 0 aromatic heterocycles. The second-order valence-corrected chi connectivity index (χ2v) is 5.07. The Morgan fingerprint density at radius 1 is 0.833 bits per heavy atom. The summed E-state index contributed by atoms with van der Waals surface area (Å²) in [6.07, 6.45) is 1.43. The molecular formula is C2H6Cl2NO4S2Sb. The first-order valence-corrected chi connectivity index (χ1v) is 5.54. The average molecular weight is 365 g/mol. The number of hydrogen-bond acceptors (Lipinski definition) is 4. The fourth-order valence-corrected chi connectivity index (χ4v) is 2.21. The normalized spacial score (nSPS) is 10.2. The maximum Gasteiger partial charge on any atom is 3.00 e. The molecule has 0 fully saturated rings. The van der Waals surface area contributed by atoms with Gasteiger partial charge in [0.1, 0.15) is 0 Å². The van der Waals surface area contributed by atoms with Gasteiger partial charge in [-0.1, -0.05) is 0 Å². The summed E-state index contributed by atoms with van der Waals surface area (Å²) in [5.41, 5.74) is 0. The van der Waals surface area contributed by atoms with E-state index in [-0.39, 0.29) is 49.2 Å². The van der Waals surface area contributed by atoms with Crippen molar-refractivity contribution in [3.05, 3.63) is 4.13 Å². The van der Waals surface area contributed by atoms with Crippen molar-refractivity contribution < 1.29 is 41.6 Å². The van der Waals surface area contributed by atoms with Gasteiger partial charge < -0.3 is 28.9 Å². The summed E-state index contributed by atoms with van der Waals surface area (Å²) >= 11 is 0. The topological polar surface area (TPSA) is 82.4 Å². The minimum absolute atomic E-state index is 0. The molecule has 0 spiro atoms. The van der Waals surface area contributed by atoms with E-state index >= 15 is 0 Å². The summed E-state index contributed by atoms with van der Waals surface area (Å²) in [5, 5.41) is 0. The van der Waals surface area contributed by atoms with Crippen LogP contribution in [-0.4, -0.2) is 53.8 Å². The van der Waals surface area contributed by atoms with Crippen LogP contribution in [0.3, 0.4) is 0 Å². The van der Waals surface area contributed by atoms with E-state index in [9.17, 15) is 16.8 Å². The minimum atomic E-state index is -3.74. The van der Waals surface area contributed by atoms with Crippen LogP contribution in [0.5, 0.6) is 0 Å². The molecule has 0 bridgehead atoms. The van der Waals surface area contributed by atoms with Gasteiger partial charge in [0.2, 0.25) is 0 Å². The molecule has 0 heterocycles. The Balaban J connectivity index is -0.000000107. The van der Waals surface area contributed by atoms with E-state index in [1.807, 2.05) is 0 Å². The van der Waals surface area contributed by atoms with E-state index < -0.39 is 20.0 Å². The molecule has 0 aliphatic carbocycles. The molecule has 5 nitrogen and oxygen atoms in total. The van der Waals surface area contributed by atoms with Crippen molar-refractivity contribution in [2.75, 3.05) is 12.5 Å². The number of rotatable bonds is 2. The zero-order valence-corrected chi connectivity index (χ0v) is 11.8. The van der Waals surface area contributed by atoms with Gasteiger partial charge in [0, 0.05) is 12.5 Å². The van der Waals surface area contributed by atoms with Gasteiger partial charge in [0.15, 0.2) is 0 Å². The molecule has 0 aliphatic rings. The van der Waals surface area contributed by atoms with E-state index in [0.29, 0.717) is 12.5 Å². The van der Waals surface area contributed by atoms with E-state index in [1.165, 1.54) is 0 Å². The van der Waals surface area contributed by atoms with Crippen LogP contribution in [0.15, 0.2) is 0 Å². The molecule has 0 aliphatic heterocycles. The van der Waals surface area contributed by atoms with Gasteiger partial charge in [-0.05, 0) is 0 Å². The molecule has 0 saturated carbocycles. The first-order valence-electron chi connectivity index (χ1n) is 1.85. The summed E-state index contributed by atoms with van der Waals surface area (Å²) in [6, 6.07) is 0. The van der Waals surface area contributed by atoms with Crippen LogP contribution in [0, 0.1) is 0 Å². The van der Waals surface area contributed by atoms with Crippen molar-refractivity contribution in [2.45, 2.75) is 0 Å². The van der Waals surface area contributed by atoms with Gasteiger partial charge in [0.05, 0.1) is 20.0 Å². The molecular weight excluding hydrogens is 359 g/mol. The Morgan fingerprint density at radius 2 is 1.00 bits per heavy atom. The van der Waals surface area contributed by atoms with Crippen molar-refractivity contribution in [3.63, 3.8) is 0 Å². The molecule has 0 saturated heterocycles. The molecule has 10 heteroatoms. The monoisotopic (exact) mass is 363 g/mol. The maximum atomic E-state index is 10.1. The summed E-state index contributed by atoms with van der Waals surface area (Å²) in [5.74, 6) is 0. The number of hydrogen-bond donors (Lipinski definition) is 0.